The van der Waals surface area contributed by atoms with Gasteiger partial charge >= 0.3 is 0 Å². The summed E-state index contributed by atoms with van der Waals surface area (Å²) in [5, 5.41) is 10.5. The normalized spacial score (nSPS) is 16.6. The van der Waals surface area contributed by atoms with Gasteiger partial charge in [0.1, 0.15) is 5.75 Å². The van der Waals surface area contributed by atoms with Crippen molar-refractivity contribution in [1.29, 1.82) is 0 Å². The van der Waals surface area contributed by atoms with Crippen molar-refractivity contribution >= 4 is 17.0 Å². The van der Waals surface area contributed by atoms with Gasteiger partial charge in [0.15, 0.2) is 0 Å². The lowest BCUT2D eigenvalue weighted by molar-refractivity contribution is 0.174. The third-order valence-corrected chi connectivity index (χ3v) is 5.69. The number of thiophene rings is 1. The molecule has 0 amide bonds. The number of benzene rings is 1. The smallest absolute Gasteiger partial charge is 0.257 e. The fourth-order valence-corrected chi connectivity index (χ4v) is 3.86. The minimum absolute atomic E-state index is 0.120. The van der Waals surface area contributed by atoms with Crippen LogP contribution in [0.15, 0.2) is 46.2 Å². The van der Waals surface area contributed by atoms with Gasteiger partial charge in [-0.05, 0) is 42.6 Å². The number of nitrogens with zero attached hydrogens (tertiary/aromatic N) is 4. The molecule has 7 heteroatoms. The standard InChI is InChI=1S/C19H22N4O2S/c1-14(18-20-21-19(25-18)17-4-3-13-26-17)22-9-11-23(12-10-22)15-5-7-16(24-2)8-6-15/h3-8,13-14H,9-12H2,1-2H3. The van der Waals surface area contributed by atoms with E-state index in [1.165, 1.54) is 5.69 Å². The van der Waals surface area contributed by atoms with Crippen LogP contribution in [0.3, 0.4) is 0 Å². The number of hydrogen-bond acceptors (Lipinski definition) is 7. The average molecular weight is 370 g/mol. The topological polar surface area (TPSA) is 54.6 Å². The van der Waals surface area contributed by atoms with Crippen LogP contribution < -0.4 is 9.64 Å². The van der Waals surface area contributed by atoms with Crippen LogP contribution in [0.25, 0.3) is 10.8 Å². The quantitative estimate of drug-likeness (QED) is 0.683. The number of rotatable bonds is 5. The van der Waals surface area contributed by atoms with Gasteiger partial charge in [0.25, 0.3) is 5.89 Å². The first-order chi connectivity index (χ1) is 12.7. The number of piperazine rings is 1. The molecule has 3 heterocycles. The van der Waals surface area contributed by atoms with E-state index in [9.17, 15) is 0 Å². The Balaban J connectivity index is 1.38. The highest BCUT2D eigenvalue weighted by atomic mass is 32.1. The largest absolute Gasteiger partial charge is 0.497 e. The van der Waals surface area contributed by atoms with Crippen LogP contribution in [-0.4, -0.2) is 48.4 Å². The van der Waals surface area contributed by atoms with E-state index < -0.39 is 0 Å². The molecular weight excluding hydrogens is 348 g/mol. The van der Waals surface area contributed by atoms with E-state index in [4.69, 9.17) is 9.15 Å². The second kappa shape index (κ2) is 7.47. The van der Waals surface area contributed by atoms with Gasteiger partial charge in [0.2, 0.25) is 5.89 Å². The molecule has 0 spiro atoms. The minimum Gasteiger partial charge on any atom is -0.497 e. The Labute approximate surface area is 157 Å². The van der Waals surface area contributed by atoms with Crippen molar-refractivity contribution in [2.24, 2.45) is 0 Å². The Kier molecular flexibility index (Phi) is 4.90. The first-order valence-electron chi connectivity index (χ1n) is 8.75. The van der Waals surface area contributed by atoms with Gasteiger partial charge in [-0.15, -0.1) is 21.5 Å². The molecule has 0 saturated carbocycles. The molecule has 1 aromatic carbocycles. The number of methoxy groups -OCH3 is 1. The Morgan fingerprint density at radius 2 is 1.85 bits per heavy atom. The Hall–Kier alpha value is -2.38. The molecule has 4 rings (SSSR count). The van der Waals surface area contributed by atoms with E-state index >= 15 is 0 Å². The molecule has 6 nitrogen and oxygen atoms in total. The van der Waals surface area contributed by atoms with Crippen LogP contribution in [0.2, 0.25) is 0 Å². The Bertz CT molecular complexity index is 824. The summed E-state index contributed by atoms with van der Waals surface area (Å²) >= 11 is 1.61. The van der Waals surface area contributed by atoms with Crippen molar-refractivity contribution in [2.75, 3.05) is 38.2 Å². The van der Waals surface area contributed by atoms with E-state index in [1.807, 2.05) is 29.6 Å². The van der Waals surface area contributed by atoms with Crippen molar-refractivity contribution in [3.8, 4) is 16.5 Å². The zero-order chi connectivity index (χ0) is 17.9. The summed E-state index contributed by atoms with van der Waals surface area (Å²) in [5.41, 5.74) is 1.23. The van der Waals surface area contributed by atoms with Crippen LogP contribution in [0.1, 0.15) is 18.9 Å². The molecule has 1 aliphatic rings. The van der Waals surface area contributed by atoms with E-state index in [-0.39, 0.29) is 6.04 Å². The summed E-state index contributed by atoms with van der Waals surface area (Å²) in [6, 6.07) is 12.4. The number of hydrogen-bond donors (Lipinski definition) is 0. The molecule has 1 fully saturated rings. The van der Waals surface area contributed by atoms with Gasteiger partial charge in [-0.1, -0.05) is 6.07 Å². The summed E-state index contributed by atoms with van der Waals surface area (Å²) < 4.78 is 11.1. The molecule has 26 heavy (non-hydrogen) atoms. The molecule has 136 valence electrons. The highest BCUT2D eigenvalue weighted by molar-refractivity contribution is 7.13. The van der Waals surface area contributed by atoms with E-state index in [2.05, 4.69) is 39.1 Å². The van der Waals surface area contributed by atoms with E-state index in [0.29, 0.717) is 11.8 Å². The van der Waals surface area contributed by atoms with Gasteiger partial charge in [-0.2, -0.15) is 0 Å². The van der Waals surface area contributed by atoms with Gasteiger partial charge < -0.3 is 14.1 Å². The van der Waals surface area contributed by atoms with Crippen molar-refractivity contribution in [1.82, 2.24) is 15.1 Å². The maximum atomic E-state index is 5.90. The highest BCUT2D eigenvalue weighted by Crippen LogP contribution is 2.28. The van der Waals surface area contributed by atoms with Crippen LogP contribution in [-0.2, 0) is 0 Å². The lowest BCUT2D eigenvalue weighted by atomic mass is 10.2. The SMILES string of the molecule is COc1ccc(N2CCN(C(C)c3nnc(-c4cccs4)o3)CC2)cc1. The summed E-state index contributed by atoms with van der Waals surface area (Å²) in [7, 11) is 1.69. The lowest BCUT2D eigenvalue weighted by Gasteiger charge is -2.38. The Morgan fingerprint density at radius 1 is 1.08 bits per heavy atom. The lowest BCUT2D eigenvalue weighted by Crippen LogP contribution is -2.47. The predicted octanol–water partition coefficient (Wildman–Crippen LogP) is 3.69. The zero-order valence-electron chi connectivity index (χ0n) is 15.0. The molecular formula is C19H22N4O2S. The molecule has 0 bridgehead atoms. The molecule has 0 radical (unpaired) electrons. The molecule has 0 aliphatic carbocycles. The zero-order valence-corrected chi connectivity index (χ0v) is 15.8. The molecule has 2 aromatic heterocycles. The minimum atomic E-state index is 0.120. The van der Waals surface area contributed by atoms with Crippen molar-refractivity contribution in [3.63, 3.8) is 0 Å². The maximum absolute atomic E-state index is 5.90. The summed E-state index contributed by atoms with van der Waals surface area (Å²) in [6.45, 7) is 6.01. The first-order valence-corrected chi connectivity index (χ1v) is 9.63. The fourth-order valence-electron chi connectivity index (χ4n) is 3.22. The van der Waals surface area contributed by atoms with Gasteiger partial charge in [0, 0.05) is 31.9 Å². The van der Waals surface area contributed by atoms with Gasteiger partial charge in [-0.3, -0.25) is 4.90 Å². The van der Waals surface area contributed by atoms with Crippen LogP contribution >= 0.6 is 11.3 Å². The van der Waals surface area contributed by atoms with Crippen molar-refractivity contribution in [2.45, 2.75) is 13.0 Å². The van der Waals surface area contributed by atoms with Crippen LogP contribution in [0, 0.1) is 0 Å². The summed E-state index contributed by atoms with van der Waals surface area (Å²) in [5.74, 6) is 2.18. The van der Waals surface area contributed by atoms with E-state index in [0.717, 1.165) is 36.8 Å². The average Bonchev–Trinajstić information content (AvgIpc) is 3.39. The highest BCUT2D eigenvalue weighted by Gasteiger charge is 2.26. The number of aromatic nitrogens is 2. The second-order valence-corrected chi connectivity index (χ2v) is 7.27. The van der Waals surface area contributed by atoms with Crippen molar-refractivity contribution < 1.29 is 9.15 Å². The monoisotopic (exact) mass is 370 g/mol. The molecule has 1 atom stereocenters. The maximum Gasteiger partial charge on any atom is 0.257 e. The predicted molar refractivity (Wildman–Crippen MR) is 103 cm³/mol. The molecule has 1 aliphatic heterocycles. The first kappa shape index (κ1) is 17.1. The number of ether oxygens (including phenoxy) is 1. The van der Waals surface area contributed by atoms with Crippen LogP contribution in [0.5, 0.6) is 5.75 Å². The fraction of sp³-hybridized carbons (Fsp3) is 0.368. The van der Waals surface area contributed by atoms with Crippen LogP contribution in [0.4, 0.5) is 5.69 Å². The number of anilines is 1. The molecule has 0 N–H and O–H groups in total. The molecule has 1 saturated heterocycles. The molecule has 3 aromatic rings. The van der Waals surface area contributed by atoms with E-state index in [1.54, 1.807) is 18.4 Å². The third-order valence-electron chi connectivity index (χ3n) is 4.83. The summed E-state index contributed by atoms with van der Waals surface area (Å²) in [4.78, 5) is 5.81. The second-order valence-electron chi connectivity index (χ2n) is 6.32. The third kappa shape index (κ3) is 3.45. The molecule has 1 unspecified atom stereocenters. The summed E-state index contributed by atoms with van der Waals surface area (Å²) in [6.07, 6.45) is 0. The Morgan fingerprint density at radius 3 is 2.50 bits per heavy atom. The van der Waals surface area contributed by atoms with Gasteiger partial charge in [0.05, 0.1) is 18.0 Å². The van der Waals surface area contributed by atoms with Crippen molar-refractivity contribution in [3.05, 3.63) is 47.7 Å². The van der Waals surface area contributed by atoms with Gasteiger partial charge in [-0.25, -0.2) is 0 Å².